The Labute approximate surface area is 234 Å². The van der Waals surface area contributed by atoms with Gasteiger partial charge in [-0.15, -0.1) is 0 Å². The molecule has 2 aromatic heterocycles. The van der Waals surface area contributed by atoms with E-state index in [1.807, 2.05) is 0 Å². The molecule has 5 rings (SSSR count). The summed E-state index contributed by atoms with van der Waals surface area (Å²) in [7, 11) is 1.24. The molecule has 2 N–H and O–H groups in total. The maximum Gasteiger partial charge on any atom is 0.416 e. The lowest BCUT2D eigenvalue weighted by atomic mass is 9.83. The first-order valence-electron chi connectivity index (χ1n) is 13.5. The lowest BCUT2D eigenvalue weighted by Gasteiger charge is -2.25. The summed E-state index contributed by atoms with van der Waals surface area (Å²) < 4.78 is 59.4. The maximum atomic E-state index is 13.3. The second-order valence-electron chi connectivity index (χ2n) is 10.1. The third-order valence-electron chi connectivity index (χ3n) is 7.27. The van der Waals surface area contributed by atoms with Crippen molar-refractivity contribution in [1.82, 2.24) is 19.5 Å². The quantitative estimate of drug-likeness (QED) is 0.167. The molecular formula is C29H30F4N6O2. The van der Waals surface area contributed by atoms with E-state index in [1.54, 1.807) is 16.7 Å². The molecule has 8 nitrogen and oxygen atoms in total. The Balaban J connectivity index is 1.50. The number of fused-ring (bicyclic) bond motifs is 1. The van der Waals surface area contributed by atoms with Crippen LogP contribution in [0.2, 0.25) is 0 Å². The molecule has 0 radical (unpaired) electrons. The molecule has 0 atom stereocenters. The first-order valence-corrected chi connectivity index (χ1v) is 13.5. The van der Waals surface area contributed by atoms with Crippen LogP contribution in [0.1, 0.15) is 53.0 Å². The molecule has 2 aromatic carbocycles. The minimum Gasteiger partial charge on any atom is -0.463 e. The number of hydrogen-bond donors (Lipinski definition) is 2. The summed E-state index contributed by atoms with van der Waals surface area (Å²) in [5.74, 6) is 0.249. The van der Waals surface area contributed by atoms with Crippen molar-refractivity contribution >= 4 is 28.9 Å². The largest absolute Gasteiger partial charge is 0.463 e. The number of halogens is 4. The predicted molar refractivity (Wildman–Crippen MR) is 146 cm³/mol. The molecule has 41 heavy (non-hydrogen) atoms. The number of anilines is 2. The van der Waals surface area contributed by atoms with Gasteiger partial charge in [0.25, 0.3) is 0 Å². The number of ether oxygens (including phenoxy) is 1. The number of imidazole rings is 1. The number of hydrogen-bond acceptors (Lipinski definition) is 7. The second-order valence-corrected chi connectivity index (χ2v) is 10.1. The fourth-order valence-electron chi connectivity index (χ4n) is 4.76. The monoisotopic (exact) mass is 570 g/mol. The number of carbonyl (C=O) groups is 1. The van der Waals surface area contributed by atoms with Crippen LogP contribution in [-0.4, -0.2) is 45.7 Å². The molecule has 216 valence electrons. The van der Waals surface area contributed by atoms with Crippen molar-refractivity contribution in [3.05, 3.63) is 76.9 Å². The Kier molecular flexibility index (Phi) is 8.36. The van der Waals surface area contributed by atoms with Crippen molar-refractivity contribution in [3.8, 4) is 0 Å². The molecular weight excluding hydrogens is 540 g/mol. The summed E-state index contributed by atoms with van der Waals surface area (Å²) in [6, 6.07) is 11.1. The molecule has 1 aliphatic rings. The van der Waals surface area contributed by atoms with Gasteiger partial charge in [-0.2, -0.15) is 18.2 Å². The third kappa shape index (κ3) is 6.75. The first-order chi connectivity index (χ1) is 19.7. The lowest BCUT2D eigenvalue weighted by Crippen LogP contribution is -2.18. The molecule has 1 aliphatic carbocycles. The van der Waals surface area contributed by atoms with Crippen LogP contribution in [0.25, 0.3) is 11.2 Å². The van der Waals surface area contributed by atoms with Crippen molar-refractivity contribution in [2.45, 2.75) is 44.8 Å². The summed E-state index contributed by atoms with van der Waals surface area (Å²) in [6.45, 7) is 1.23. The van der Waals surface area contributed by atoms with Crippen LogP contribution in [-0.2, 0) is 23.9 Å². The normalized spacial score (nSPS) is 13.7. The standard InChI is InChI=1S/C29H30F4N6O2/c1-41-27(40)26-36-24(34-15-13-18-3-2-4-18)23-25(37-26)38-28(35-16-14-19-7-11-22(30)12-8-19)39(23)17-20-5-9-21(10-6-20)29(31,32)33/h5-12,18H,2-4,13-17H2,1H3,(H2,34,35,36,37,38). The SMILES string of the molecule is COC(=O)c1nc(NCCC2CCC2)c2c(n1)nc(NCCc1ccc(F)cc1)n2Cc1ccc(C(F)(F)F)cc1. The van der Waals surface area contributed by atoms with E-state index in [1.165, 1.54) is 50.6 Å². The van der Waals surface area contributed by atoms with E-state index in [-0.39, 0.29) is 23.8 Å². The van der Waals surface area contributed by atoms with E-state index in [9.17, 15) is 22.4 Å². The van der Waals surface area contributed by atoms with E-state index >= 15 is 0 Å². The number of methoxy groups -OCH3 is 1. The summed E-state index contributed by atoms with van der Waals surface area (Å²) in [4.78, 5) is 25.8. The number of carbonyl (C=O) groups excluding carboxylic acids is 1. The molecule has 0 spiro atoms. The Morgan fingerprint density at radius 1 is 0.976 bits per heavy atom. The second kappa shape index (κ2) is 12.1. The van der Waals surface area contributed by atoms with Gasteiger partial charge in [-0.3, -0.25) is 0 Å². The van der Waals surface area contributed by atoms with Gasteiger partial charge >= 0.3 is 12.1 Å². The van der Waals surface area contributed by atoms with Gasteiger partial charge in [-0.1, -0.05) is 43.5 Å². The molecule has 0 bridgehead atoms. The zero-order valence-electron chi connectivity index (χ0n) is 22.5. The highest BCUT2D eigenvalue weighted by molar-refractivity contribution is 5.92. The van der Waals surface area contributed by atoms with E-state index < -0.39 is 17.7 Å². The van der Waals surface area contributed by atoms with Crippen LogP contribution >= 0.6 is 0 Å². The summed E-state index contributed by atoms with van der Waals surface area (Å²) in [5.41, 5.74) is 1.53. The van der Waals surface area contributed by atoms with Crippen LogP contribution in [0, 0.1) is 11.7 Å². The van der Waals surface area contributed by atoms with Crippen LogP contribution in [0.5, 0.6) is 0 Å². The van der Waals surface area contributed by atoms with Crippen molar-refractivity contribution in [2.24, 2.45) is 5.92 Å². The van der Waals surface area contributed by atoms with Gasteiger partial charge in [-0.25, -0.2) is 19.2 Å². The summed E-state index contributed by atoms with van der Waals surface area (Å²) >= 11 is 0. The number of aromatic nitrogens is 4. The first kappa shape index (κ1) is 28.3. The number of alkyl halides is 3. The number of esters is 1. The highest BCUT2D eigenvalue weighted by Gasteiger charge is 2.30. The van der Waals surface area contributed by atoms with Gasteiger partial charge < -0.3 is 19.9 Å². The summed E-state index contributed by atoms with van der Waals surface area (Å²) in [6.07, 6.45) is 0.652. The highest BCUT2D eigenvalue weighted by atomic mass is 19.4. The Bertz CT molecular complexity index is 1500. The third-order valence-corrected chi connectivity index (χ3v) is 7.27. The van der Waals surface area contributed by atoms with Crippen molar-refractivity contribution < 1.29 is 27.1 Å². The minimum atomic E-state index is -4.44. The molecule has 0 unspecified atom stereocenters. The number of nitrogens with one attached hydrogen (secondary N) is 2. The van der Waals surface area contributed by atoms with E-state index in [2.05, 4.69) is 25.6 Å². The van der Waals surface area contributed by atoms with E-state index in [4.69, 9.17) is 4.74 Å². The fourth-order valence-corrected chi connectivity index (χ4v) is 4.76. The number of benzene rings is 2. The van der Waals surface area contributed by atoms with Gasteiger partial charge in [0.15, 0.2) is 11.5 Å². The Morgan fingerprint density at radius 3 is 2.32 bits per heavy atom. The minimum absolute atomic E-state index is 0.150. The molecule has 0 saturated heterocycles. The van der Waals surface area contributed by atoms with E-state index in [0.717, 1.165) is 24.1 Å². The topological polar surface area (TPSA) is 94.0 Å². The van der Waals surface area contributed by atoms with Gasteiger partial charge in [-0.05, 0) is 54.2 Å². The highest BCUT2D eigenvalue weighted by Crippen LogP contribution is 2.32. The van der Waals surface area contributed by atoms with Crippen LogP contribution in [0.15, 0.2) is 48.5 Å². The van der Waals surface area contributed by atoms with Crippen LogP contribution in [0.3, 0.4) is 0 Å². The van der Waals surface area contributed by atoms with Gasteiger partial charge in [0.2, 0.25) is 11.8 Å². The fraction of sp³-hybridized carbons (Fsp3) is 0.379. The van der Waals surface area contributed by atoms with Crippen LogP contribution < -0.4 is 10.6 Å². The van der Waals surface area contributed by atoms with Crippen LogP contribution in [0.4, 0.5) is 29.3 Å². The van der Waals surface area contributed by atoms with Crippen molar-refractivity contribution in [1.29, 1.82) is 0 Å². The smallest absolute Gasteiger partial charge is 0.416 e. The average molecular weight is 571 g/mol. The molecule has 0 aliphatic heterocycles. The molecule has 1 saturated carbocycles. The van der Waals surface area contributed by atoms with E-state index in [0.29, 0.717) is 48.3 Å². The molecule has 4 aromatic rings. The lowest BCUT2D eigenvalue weighted by molar-refractivity contribution is -0.137. The number of nitrogens with zero attached hydrogens (tertiary/aromatic N) is 4. The zero-order valence-corrected chi connectivity index (χ0v) is 22.5. The maximum absolute atomic E-state index is 13.3. The molecule has 2 heterocycles. The zero-order chi connectivity index (χ0) is 29.0. The molecule has 0 amide bonds. The number of rotatable bonds is 11. The van der Waals surface area contributed by atoms with Gasteiger partial charge in [0.1, 0.15) is 11.3 Å². The average Bonchev–Trinajstić information content (AvgIpc) is 3.27. The molecule has 1 fully saturated rings. The van der Waals surface area contributed by atoms with Crippen molar-refractivity contribution in [2.75, 3.05) is 30.8 Å². The van der Waals surface area contributed by atoms with Gasteiger partial charge in [0, 0.05) is 13.1 Å². The Morgan fingerprint density at radius 2 is 1.68 bits per heavy atom. The summed E-state index contributed by atoms with van der Waals surface area (Å²) in [5, 5.41) is 6.60. The van der Waals surface area contributed by atoms with Gasteiger partial charge in [0.05, 0.1) is 19.2 Å². The molecule has 12 heteroatoms. The van der Waals surface area contributed by atoms with Crippen molar-refractivity contribution in [3.63, 3.8) is 0 Å². The Hall–Kier alpha value is -4.22. The predicted octanol–water partition coefficient (Wildman–Crippen LogP) is 6.08.